The van der Waals surface area contributed by atoms with Gasteiger partial charge in [0, 0.05) is 38.2 Å². The Bertz CT molecular complexity index is 596. The molecule has 3 rings (SSSR count). The van der Waals surface area contributed by atoms with Crippen LogP contribution in [0.4, 0.5) is 0 Å². The molecule has 1 aromatic carbocycles. The van der Waals surface area contributed by atoms with Gasteiger partial charge < -0.3 is 9.64 Å². The molecule has 0 aliphatic carbocycles. The molecule has 1 aliphatic heterocycles. The number of aromatic nitrogens is 2. The number of benzene rings is 1. The van der Waals surface area contributed by atoms with Crippen molar-refractivity contribution in [2.45, 2.75) is 25.4 Å². The molecule has 2 heterocycles. The fourth-order valence-corrected chi connectivity index (χ4v) is 2.62. The largest absolute Gasteiger partial charge is 0.474 e. The third kappa shape index (κ3) is 3.81. The van der Waals surface area contributed by atoms with Crippen molar-refractivity contribution in [3.05, 3.63) is 54.5 Å². The molecular formula is C17H19N3O2. The van der Waals surface area contributed by atoms with Crippen LogP contribution in [0.1, 0.15) is 18.4 Å². The van der Waals surface area contributed by atoms with E-state index in [0.29, 0.717) is 12.3 Å². The van der Waals surface area contributed by atoms with Crippen molar-refractivity contribution in [3.8, 4) is 5.88 Å². The number of nitrogens with zero attached hydrogens (tertiary/aromatic N) is 3. The predicted octanol–water partition coefficient (Wildman–Crippen LogP) is 2.09. The number of ether oxygens (including phenoxy) is 1. The smallest absolute Gasteiger partial charge is 0.226 e. The monoisotopic (exact) mass is 297 g/mol. The molecule has 0 saturated carbocycles. The maximum absolute atomic E-state index is 12.3. The zero-order valence-corrected chi connectivity index (χ0v) is 12.4. The quantitative estimate of drug-likeness (QED) is 0.867. The Kier molecular flexibility index (Phi) is 4.63. The number of amides is 1. The van der Waals surface area contributed by atoms with Crippen LogP contribution in [0.2, 0.25) is 0 Å². The summed E-state index contributed by atoms with van der Waals surface area (Å²) in [5.41, 5.74) is 1.06. The van der Waals surface area contributed by atoms with Crippen molar-refractivity contribution in [2.24, 2.45) is 0 Å². The first kappa shape index (κ1) is 14.5. The van der Waals surface area contributed by atoms with E-state index in [0.717, 1.165) is 31.5 Å². The Hall–Kier alpha value is -2.43. The lowest BCUT2D eigenvalue weighted by Gasteiger charge is -2.32. The van der Waals surface area contributed by atoms with Crippen molar-refractivity contribution in [1.82, 2.24) is 14.9 Å². The SMILES string of the molecule is O=C(Cc1ccccc1)N1CCC(Oc2ccncn2)CC1. The third-order valence-electron chi connectivity index (χ3n) is 3.84. The first-order valence-electron chi connectivity index (χ1n) is 7.55. The molecule has 1 aliphatic rings. The van der Waals surface area contributed by atoms with Gasteiger partial charge in [-0.2, -0.15) is 0 Å². The second kappa shape index (κ2) is 7.02. The van der Waals surface area contributed by atoms with E-state index in [1.807, 2.05) is 35.2 Å². The van der Waals surface area contributed by atoms with Crippen molar-refractivity contribution >= 4 is 5.91 Å². The van der Waals surface area contributed by atoms with Crippen LogP contribution in [-0.2, 0) is 11.2 Å². The summed E-state index contributed by atoms with van der Waals surface area (Å²) in [6.45, 7) is 1.48. The van der Waals surface area contributed by atoms with E-state index >= 15 is 0 Å². The Morgan fingerprint density at radius 3 is 2.64 bits per heavy atom. The predicted molar refractivity (Wildman–Crippen MR) is 82.4 cm³/mol. The van der Waals surface area contributed by atoms with Gasteiger partial charge >= 0.3 is 0 Å². The van der Waals surface area contributed by atoms with Gasteiger partial charge in [-0.1, -0.05) is 30.3 Å². The van der Waals surface area contributed by atoms with Gasteiger partial charge in [0.1, 0.15) is 12.4 Å². The maximum atomic E-state index is 12.3. The minimum absolute atomic E-state index is 0.121. The normalized spacial score (nSPS) is 15.5. The van der Waals surface area contributed by atoms with E-state index in [1.54, 1.807) is 12.3 Å². The summed E-state index contributed by atoms with van der Waals surface area (Å²) in [5.74, 6) is 0.788. The summed E-state index contributed by atoms with van der Waals surface area (Å²) in [6.07, 6.45) is 5.41. The molecule has 5 nitrogen and oxygen atoms in total. The van der Waals surface area contributed by atoms with E-state index in [9.17, 15) is 4.79 Å². The molecule has 1 saturated heterocycles. The molecule has 5 heteroatoms. The van der Waals surface area contributed by atoms with Crippen molar-refractivity contribution in [3.63, 3.8) is 0 Å². The number of carbonyl (C=O) groups is 1. The molecule has 1 aromatic heterocycles. The van der Waals surface area contributed by atoms with Gasteiger partial charge in [-0.15, -0.1) is 0 Å². The Morgan fingerprint density at radius 1 is 1.18 bits per heavy atom. The van der Waals surface area contributed by atoms with Gasteiger partial charge in [0.25, 0.3) is 0 Å². The van der Waals surface area contributed by atoms with Crippen LogP contribution in [-0.4, -0.2) is 40.0 Å². The van der Waals surface area contributed by atoms with E-state index in [2.05, 4.69) is 9.97 Å². The zero-order chi connectivity index (χ0) is 15.2. The maximum Gasteiger partial charge on any atom is 0.226 e. The van der Waals surface area contributed by atoms with Crippen molar-refractivity contribution in [2.75, 3.05) is 13.1 Å². The molecule has 0 bridgehead atoms. The summed E-state index contributed by atoms with van der Waals surface area (Å²) < 4.78 is 5.81. The van der Waals surface area contributed by atoms with Crippen LogP contribution in [0.5, 0.6) is 5.88 Å². The lowest BCUT2D eigenvalue weighted by molar-refractivity contribution is -0.132. The average molecular weight is 297 g/mol. The van der Waals surface area contributed by atoms with Crippen molar-refractivity contribution in [1.29, 1.82) is 0 Å². The fourth-order valence-electron chi connectivity index (χ4n) is 2.62. The number of hydrogen-bond donors (Lipinski definition) is 0. The lowest BCUT2D eigenvalue weighted by atomic mass is 10.1. The summed E-state index contributed by atoms with van der Waals surface area (Å²) in [5, 5.41) is 0. The zero-order valence-electron chi connectivity index (χ0n) is 12.4. The number of rotatable bonds is 4. The Labute approximate surface area is 130 Å². The van der Waals surface area contributed by atoms with Gasteiger partial charge in [0.15, 0.2) is 0 Å². The summed E-state index contributed by atoms with van der Waals surface area (Å²) in [7, 11) is 0. The summed E-state index contributed by atoms with van der Waals surface area (Å²) in [6, 6.07) is 11.6. The summed E-state index contributed by atoms with van der Waals surface area (Å²) in [4.78, 5) is 22.2. The number of carbonyl (C=O) groups excluding carboxylic acids is 1. The van der Waals surface area contributed by atoms with Crippen LogP contribution in [0, 0.1) is 0 Å². The number of likely N-dealkylation sites (tertiary alicyclic amines) is 1. The summed E-state index contributed by atoms with van der Waals surface area (Å²) >= 11 is 0. The molecule has 1 fully saturated rings. The van der Waals surface area contributed by atoms with E-state index < -0.39 is 0 Å². The second-order valence-electron chi connectivity index (χ2n) is 5.41. The highest BCUT2D eigenvalue weighted by Gasteiger charge is 2.24. The molecule has 0 unspecified atom stereocenters. The van der Waals surface area contributed by atoms with Crippen LogP contribution >= 0.6 is 0 Å². The third-order valence-corrected chi connectivity index (χ3v) is 3.84. The average Bonchev–Trinajstić information content (AvgIpc) is 2.57. The second-order valence-corrected chi connectivity index (χ2v) is 5.41. The highest BCUT2D eigenvalue weighted by molar-refractivity contribution is 5.78. The van der Waals surface area contributed by atoms with Gasteiger partial charge in [-0.05, 0) is 5.56 Å². The minimum atomic E-state index is 0.121. The molecule has 114 valence electrons. The first-order chi connectivity index (χ1) is 10.8. The van der Waals surface area contributed by atoms with E-state index in [-0.39, 0.29) is 12.0 Å². The molecular weight excluding hydrogens is 278 g/mol. The Balaban J connectivity index is 1.48. The van der Waals surface area contributed by atoms with Gasteiger partial charge in [0.05, 0.1) is 6.42 Å². The van der Waals surface area contributed by atoms with Gasteiger partial charge in [0.2, 0.25) is 11.8 Å². The first-order valence-corrected chi connectivity index (χ1v) is 7.55. The Morgan fingerprint density at radius 2 is 1.95 bits per heavy atom. The van der Waals surface area contributed by atoms with Crippen LogP contribution in [0.25, 0.3) is 0 Å². The van der Waals surface area contributed by atoms with Crippen molar-refractivity contribution < 1.29 is 9.53 Å². The highest BCUT2D eigenvalue weighted by Crippen LogP contribution is 2.17. The molecule has 0 N–H and O–H groups in total. The molecule has 0 atom stereocenters. The van der Waals surface area contributed by atoms with Crippen LogP contribution in [0.15, 0.2) is 48.9 Å². The minimum Gasteiger partial charge on any atom is -0.474 e. The molecule has 22 heavy (non-hydrogen) atoms. The standard InChI is InChI=1S/C17H19N3O2/c21-17(12-14-4-2-1-3-5-14)20-10-7-15(8-11-20)22-16-6-9-18-13-19-16/h1-6,9,13,15H,7-8,10-12H2. The van der Waals surface area contributed by atoms with Gasteiger partial charge in [-0.3, -0.25) is 4.79 Å². The molecule has 0 radical (unpaired) electrons. The fraction of sp³-hybridized carbons (Fsp3) is 0.353. The lowest BCUT2D eigenvalue weighted by Crippen LogP contribution is -2.42. The van der Waals surface area contributed by atoms with E-state index in [4.69, 9.17) is 4.74 Å². The van der Waals surface area contributed by atoms with E-state index in [1.165, 1.54) is 6.33 Å². The molecule has 2 aromatic rings. The molecule has 1 amide bonds. The van der Waals surface area contributed by atoms with Gasteiger partial charge in [-0.25, -0.2) is 9.97 Å². The highest BCUT2D eigenvalue weighted by atomic mass is 16.5. The van der Waals surface area contributed by atoms with Crippen LogP contribution in [0.3, 0.4) is 0 Å². The molecule has 0 spiro atoms. The van der Waals surface area contributed by atoms with Crippen LogP contribution < -0.4 is 4.74 Å². The number of piperidine rings is 1. The topological polar surface area (TPSA) is 55.3 Å². The number of hydrogen-bond acceptors (Lipinski definition) is 4.